The van der Waals surface area contributed by atoms with Gasteiger partial charge in [-0.15, -0.1) is 0 Å². The maximum Gasteiger partial charge on any atom is -0.0279 e. The lowest BCUT2D eigenvalue weighted by Gasteiger charge is -2.01. The molecule has 0 aliphatic rings. The molecule has 0 bridgehead atoms. The Bertz CT molecular complexity index is 254. The Morgan fingerprint density at radius 3 is 1.50 bits per heavy atom. The molecule has 0 N–H and O–H groups in total. The first-order valence-corrected chi connectivity index (χ1v) is 8.38. The first kappa shape index (κ1) is 27.3. The van der Waals surface area contributed by atoms with Gasteiger partial charge in [-0.25, -0.2) is 0 Å². The lowest BCUT2D eigenvalue weighted by molar-refractivity contribution is 0.913. The SMILES string of the molecule is C/C=C\C.CC.CC.CC.CCCc1ccccc1C. The third-order valence-electron chi connectivity index (χ3n) is 2.11. The van der Waals surface area contributed by atoms with Crippen molar-refractivity contribution >= 4 is 0 Å². The first-order valence-electron chi connectivity index (χ1n) is 8.38. The number of aryl methyl sites for hydroxylation is 2. The maximum absolute atomic E-state index is 2.21. The number of hydrogen-bond donors (Lipinski definition) is 0. The molecule has 0 aromatic heterocycles. The molecule has 0 heterocycles. The molecule has 0 heteroatoms. The average Bonchev–Trinajstić information content (AvgIpc) is 2.56. The molecule has 0 aliphatic heterocycles. The molecule has 0 saturated carbocycles. The van der Waals surface area contributed by atoms with Crippen molar-refractivity contribution in [1.82, 2.24) is 0 Å². The topological polar surface area (TPSA) is 0 Å². The molecule has 0 atom stereocenters. The van der Waals surface area contributed by atoms with Gasteiger partial charge in [-0.1, -0.05) is 91.3 Å². The molecule has 0 nitrogen and oxygen atoms in total. The molecule has 0 fully saturated rings. The van der Waals surface area contributed by atoms with Gasteiger partial charge in [0.05, 0.1) is 0 Å². The zero-order valence-corrected chi connectivity index (χ0v) is 15.9. The van der Waals surface area contributed by atoms with Crippen molar-refractivity contribution in [2.45, 2.75) is 82.1 Å². The molecule has 0 unspecified atom stereocenters. The fourth-order valence-corrected chi connectivity index (χ4v) is 1.16. The minimum Gasteiger partial charge on any atom is -0.0919 e. The summed E-state index contributed by atoms with van der Waals surface area (Å²) in [7, 11) is 0. The highest BCUT2D eigenvalue weighted by Gasteiger charge is 1.92. The van der Waals surface area contributed by atoms with E-state index in [1.165, 1.54) is 24.0 Å². The van der Waals surface area contributed by atoms with Crippen molar-refractivity contribution in [3.05, 3.63) is 47.5 Å². The predicted octanol–water partition coefficient (Wildman–Crippen LogP) is 7.61. The van der Waals surface area contributed by atoms with Crippen LogP contribution in [0.5, 0.6) is 0 Å². The van der Waals surface area contributed by atoms with Crippen LogP contribution >= 0.6 is 0 Å². The molecule has 0 saturated heterocycles. The molecule has 20 heavy (non-hydrogen) atoms. The van der Waals surface area contributed by atoms with Gasteiger partial charge in [-0.3, -0.25) is 0 Å². The second kappa shape index (κ2) is 30.8. The standard InChI is InChI=1S/C10H14.C4H8.3C2H6/c1-3-6-10-8-5-4-7-9(10)2;1-3-4-2;3*1-2/h4-5,7-8H,3,6H2,1-2H3;3-4H,1-2H3;3*1-2H3/b;4-3-;;;. The van der Waals surface area contributed by atoms with Crippen molar-refractivity contribution in [3.8, 4) is 0 Å². The monoisotopic (exact) mass is 280 g/mol. The molecule has 0 spiro atoms. The van der Waals surface area contributed by atoms with Gasteiger partial charge in [0.25, 0.3) is 0 Å². The molecule has 1 aromatic carbocycles. The van der Waals surface area contributed by atoms with Crippen LogP contribution in [0.4, 0.5) is 0 Å². The van der Waals surface area contributed by atoms with E-state index in [0.717, 1.165) is 0 Å². The third kappa shape index (κ3) is 22.2. The Labute approximate surface area is 130 Å². The Kier molecular flexibility index (Phi) is 42.0. The van der Waals surface area contributed by atoms with E-state index >= 15 is 0 Å². The third-order valence-corrected chi connectivity index (χ3v) is 2.11. The summed E-state index contributed by atoms with van der Waals surface area (Å²) in [4.78, 5) is 0. The first-order chi connectivity index (χ1) is 9.76. The van der Waals surface area contributed by atoms with Crippen LogP contribution in [0.25, 0.3) is 0 Å². The summed E-state index contributed by atoms with van der Waals surface area (Å²) < 4.78 is 0. The molecule has 1 aromatic rings. The highest BCUT2D eigenvalue weighted by Crippen LogP contribution is 2.08. The summed E-state index contributed by atoms with van der Waals surface area (Å²) in [5.41, 5.74) is 2.91. The van der Waals surface area contributed by atoms with E-state index in [1.54, 1.807) is 0 Å². The Hall–Kier alpha value is -1.04. The summed E-state index contributed by atoms with van der Waals surface area (Å²) in [6, 6.07) is 8.58. The Balaban J connectivity index is -0.000000108. The van der Waals surface area contributed by atoms with Gasteiger partial charge in [0, 0.05) is 0 Å². The van der Waals surface area contributed by atoms with Crippen LogP contribution in [0.3, 0.4) is 0 Å². The average molecular weight is 281 g/mol. The number of rotatable bonds is 2. The highest BCUT2D eigenvalue weighted by molar-refractivity contribution is 5.25. The Morgan fingerprint density at radius 1 is 0.800 bits per heavy atom. The van der Waals surface area contributed by atoms with Crippen LogP contribution in [-0.2, 0) is 6.42 Å². The van der Waals surface area contributed by atoms with Crippen LogP contribution in [0.1, 0.15) is 79.9 Å². The molecule has 0 radical (unpaired) electrons. The summed E-state index contributed by atoms with van der Waals surface area (Å²) >= 11 is 0. The largest absolute Gasteiger partial charge is 0.0919 e. The molecule has 1 rings (SSSR count). The quantitative estimate of drug-likeness (QED) is 0.489. The number of benzene rings is 1. The van der Waals surface area contributed by atoms with Gasteiger partial charge < -0.3 is 0 Å². The van der Waals surface area contributed by atoms with Crippen LogP contribution in [-0.4, -0.2) is 0 Å². The predicted molar refractivity (Wildman–Crippen MR) is 99.7 cm³/mol. The van der Waals surface area contributed by atoms with Crippen molar-refractivity contribution < 1.29 is 0 Å². The fraction of sp³-hybridized carbons (Fsp3) is 0.600. The number of allylic oxidation sites excluding steroid dienone is 2. The molecular formula is C20H40. The van der Waals surface area contributed by atoms with E-state index in [0.29, 0.717) is 0 Å². The van der Waals surface area contributed by atoms with Gasteiger partial charge in [0.2, 0.25) is 0 Å². The van der Waals surface area contributed by atoms with Crippen LogP contribution < -0.4 is 0 Å². The molecule has 0 amide bonds. The summed E-state index contributed by atoms with van der Waals surface area (Å²) in [6.45, 7) is 20.4. The molecular weight excluding hydrogens is 240 g/mol. The van der Waals surface area contributed by atoms with Gasteiger partial charge >= 0.3 is 0 Å². The minimum absolute atomic E-state index is 1.21. The molecule has 0 aliphatic carbocycles. The lowest BCUT2D eigenvalue weighted by Crippen LogP contribution is -1.85. The highest BCUT2D eigenvalue weighted by atomic mass is 14.0. The van der Waals surface area contributed by atoms with Crippen molar-refractivity contribution in [1.29, 1.82) is 0 Å². The zero-order chi connectivity index (χ0) is 16.8. The van der Waals surface area contributed by atoms with Gasteiger partial charge in [-0.2, -0.15) is 0 Å². The fourth-order valence-electron chi connectivity index (χ4n) is 1.16. The van der Waals surface area contributed by atoms with E-state index < -0.39 is 0 Å². The van der Waals surface area contributed by atoms with Gasteiger partial charge in [-0.05, 0) is 38.3 Å². The van der Waals surface area contributed by atoms with E-state index in [-0.39, 0.29) is 0 Å². The summed E-state index contributed by atoms with van der Waals surface area (Å²) in [6.07, 6.45) is 6.46. The van der Waals surface area contributed by atoms with Crippen molar-refractivity contribution in [2.75, 3.05) is 0 Å². The van der Waals surface area contributed by atoms with Crippen LogP contribution in [0.2, 0.25) is 0 Å². The van der Waals surface area contributed by atoms with E-state index in [2.05, 4.69) is 38.1 Å². The minimum atomic E-state index is 1.21. The normalized spacial score (nSPS) is 7.70. The second-order valence-electron chi connectivity index (χ2n) is 3.34. The summed E-state index contributed by atoms with van der Waals surface area (Å²) in [5, 5.41) is 0. The van der Waals surface area contributed by atoms with E-state index in [9.17, 15) is 0 Å². The van der Waals surface area contributed by atoms with Crippen LogP contribution in [0.15, 0.2) is 36.4 Å². The van der Waals surface area contributed by atoms with Crippen LogP contribution in [0, 0.1) is 6.92 Å². The van der Waals surface area contributed by atoms with Crippen molar-refractivity contribution in [3.63, 3.8) is 0 Å². The summed E-state index contributed by atoms with van der Waals surface area (Å²) in [5.74, 6) is 0. The Morgan fingerprint density at radius 2 is 1.20 bits per heavy atom. The number of hydrogen-bond acceptors (Lipinski definition) is 0. The van der Waals surface area contributed by atoms with Gasteiger partial charge in [0.1, 0.15) is 0 Å². The smallest absolute Gasteiger partial charge is 0.0279 e. The van der Waals surface area contributed by atoms with E-state index in [1.807, 2.05) is 67.5 Å². The zero-order valence-electron chi connectivity index (χ0n) is 15.9. The maximum atomic E-state index is 2.21. The lowest BCUT2D eigenvalue weighted by atomic mass is 10.1. The van der Waals surface area contributed by atoms with E-state index in [4.69, 9.17) is 0 Å². The van der Waals surface area contributed by atoms with Crippen molar-refractivity contribution in [2.24, 2.45) is 0 Å². The van der Waals surface area contributed by atoms with Gasteiger partial charge in [0.15, 0.2) is 0 Å². The molecule has 120 valence electrons. The second-order valence-corrected chi connectivity index (χ2v) is 3.34.